The predicted octanol–water partition coefficient (Wildman–Crippen LogP) is 2.64. The Balaban J connectivity index is 1.93. The molecule has 1 unspecified atom stereocenters. The summed E-state index contributed by atoms with van der Waals surface area (Å²) in [7, 11) is 0. The minimum Gasteiger partial charge on any atom is -0.324 e. The molecule has 3 nitrogen and oxygen atoms in total. The predicted molar refractivity (Wildman–Crippen MR) is 70.1 cm³/mol. The SMILES string of the molecule is NC(Cc1ccsc1)c1cnn2ccccc12. The van der Waals surface area contributed by atoms with Crippen molar-refractivity contribution in [3.63, 3.8) is 0 Å². The Kier molecular flexibility index (Phi) is 2.66. The minimum atomic E-state index is 0.00417. The van der Waals surface area contributed by atoms with Crippen molar-refractivity contribution in [3.05, 3.63) is 58.5 Å². The van der Waals surface area contributed by atoms with Crippen molar-refractivity contribution in [2.24, 2.45) is 5.73 Å². The molecule has 3 rings (SSSR count). The lowest BCUT2D eigenvalue weighted by Gasteiger charge is -2.08. The molecule has 17 heavy (non-hydrogen) atoms. The maximum atomic E-state index is 6.25. The van der Waals surface area contributed by atoms with Crippen molar-refractivity contribution in [1.29, 1.82) is 0 Å². The summed E-state index contributed by atoms with van der Waals surface area (Å²) in [5, 5.41) is 8.53. The maximum Gasteiger partial charge on any atom is 0.0709 e. The van der Waals surface area contributed by atoms with Crippen LogP contribution in [0.1, 0.15) is 17.2 Å². The monoisotopic (exact) mass is 243 g/mol. The third-order valence-electron chi connectivity index (χ3n) is 2.89. The fourth-order valence-electron chi connectivity index (χ4n) is 2.01. The van der Waals surface area contributed by atoms with E-state index in [0.29, 0.717) is 0 Å². The molecule has 4 heteroatoms. The molecule has 0 aromatic carbocycles. The Hall–Kier alpha value is -1.65. The van der Waals surface area contributed by atoms with Gasteiger partial charge in [-0.2, -0.15) is 16.4 Å². The van der Waals surface area contributed by atoms with Gasteiger partial charge in [0.1, 0.15) is 0 Å². The van der Waals surface area contributed by atoms with Gasteiger partial charge in [-0.25, -0.2) is 4.52 Å². The zero-order valence-electron chi connectivity index (χ0n) is 9.28. The highest BCUT2D eigenvalue weighted by atomic mass is 32.1. The van der Waals surface area contributed by atoms with Crippen LogP contribution in [0.4, 0.5) is 0 Å². The van der Waals surface area contributed by atoms with E-state index in [0.717, 1.165) is 17.5 Å². The molecule has 0 amide bonds. The van der Waals surface area contributed by atoms with Crippen molar-refractivity contribution in [1.82, 2.24) is 9.61 Å². The van der Waals surface area contributed by atoms with Crippen LogP contribution >= 0.6 is 11.3 Å². The van der Waals surface area contributed by atoms with E-state index >= 15 is 0 Å². The average molecular weight is 243 g/mol. The normalized spacial score (nSPS) is 13.0. The highest BCUT2D eigenvalue weighted by Gasteiger charge is 2.12. The van der Waals surface area contributed by atoms with Crippen molar-refractivity contribution in [2.45, 2.75) is 12.5 Å². The number of rotatable bonds is 3. The van der Waals surface area contributed by atoms with Crippen molar-refractivity contribution in [2.75, 3.05) is 0 Å². The molecule has 0 saturated carbocycles. The summed E-state index contributed by atoms with van der Waals surface area (Å²) >= 11 is 1.71. The lowest BCUT2D eigenvalue weighted by atomic mass is 10.0. The van der Waals surface area contributed by atoms with Crippen LogP contribution in [0.3, 0.4) is 0 Å². The molecule has 0 radical (unpaired) electrons. The van der Waals surface area contributed by atoms with E-state index in [1.54, 1.807) is 11.3 Å². The molecule has 2 N–H and O–H groups in total. The molecule has 1 atom stereocenters. The first kappa shape index (κ1) is 10.5. The molecule has 0 bridgehead atoms. The van der Waals surface area contributed by atoms with Gasteiger partial charge in [-0.3, -0.25) is 0 Å². The molecule has 0 spiro atoms. The van der Waals surface area contributed by atoms with E-state index < -0.39 is 0 Å². The van der Waals surface area contributed by atoms with Crippen LogP contribution < -0.4 is 5.73 Å². The van der Waals surface area contributed by atoms with E-state index in [9.17, 15) is 0 Å². The maximum absolute atomic E-state index is 6.25. The summed E-state index contributed by atoms with van der Waals surface area (Å²) in [6.07, 6.45) is 4.67. The zero-order valence-corrected chi connectivity index (χ0v) is 10.1. The van der Waals surface area contributed by atoms with Gasteiger partial charge < -0.3 is 5.73 Å². The van der Waals surface area contributed by atoms with E-state index in [1.807, 2.05) is 29.0 Å². The molecule has 3 aromatic rings. The fraction of sp³-hybridized carbons (Fsp3) is 0.154. The molecule has 0 fully saturated rings. The second kappa shape index (κ2) is 4.31. The number of nitrogens with zero attached hydrogens (tertiary/aromatic N) is 2. The van der Waals surface area contributed by atoms with Gasteiger partial charge in [-0.05, 0) is 40.9 Å². The molecule has 0 saturated heterocycles. The van der Waals surface area contributed by atoms with Gasteiger partial charge in [-0.15, -0.1) is 0 Å². The van der Waals surface area contributed by atoms with Gasteiger partial charge >= 0.3 is 0 Å². The number of fused-ring (bicyclic) bond motifs is 1. The van der Waals surface area contributed by atoms with Crippen LogP contribution in [0.5, 0.6) is 0 Å². The van der Waals surface area contributed by atoms with Gasteiger partial charge in [-0.1, -0.05) is 6.07 Å². The Bertz CT molecular complexity index is 612. The molecule has 86 valence electrons. The van der Waals surface area contributed by atoms with Crippen LogP contribution in [-0.2, 0) is 6.42 Å². The number of hydrogen-bond acceptors (Lipinski definition) is 3. The lowest BCUT2D eigenvalue weighted by Crippen LogP contribution is -2.12. The topological polar surface area (TPSA) is 43.3 Å². The van der Waals surface area contributed by atoms with E-state index in [4.69, 9.17) is 5.73 Å². The standard InChI is InChI=1S/C13H13N3S/c14-12(7-10-4-6-17-9-10)11-8-15-16-5-2-1-3-13(11)16/h1-6,8-9,12H,7,14H2. The van der Waals surface area contributed by atoms with Crippen molar-refractivity contribution in [3.8, 4) is 0 Å². The van der Waals surface area contributed by atoms with Crippen LogP contribution in [0.25, 0.3) is 5.52 Å². The Morgan fingerprint density at radius 1 is 1.35 bits per heavy atom. The third-order valence-corrected chi connectivity index (χ3v) is 3.62. The van der Waals surface area contributed by atoms with E-state index in [1.165, 1.54) is 5.56 Å². The molecular weight excluding hydrogens is 230 g/mol. The zero-order chi connectivity index (χ0) is 11.7. The highest BCUT2D eigenvalue weighted by Crippen LogP contribution is 2.21. The quantitative estimate of drug-likeness (QED) is 0.768. The summed E-state index contributed by atoms with van der Waals surface area (Å²) in [6.45, 7) is 0. The van der Waals surface area contributed by atoms with Crippen LogP contribution in [0.2, 0.25) is 0 Å². The number of pyridine rings is 1. The van der Waals surface area contributed by atoms with Gasteiger partial charge in [0.05, 0.1) is 11.7 Å². The summed E-state index contributed by atoms with van der Waals surface area (Å²) < 4.78 is 1.86. The summed E-state index contributed by atoms with van der Waals surface area (Å²) in [6, 6.07) is 8.16. The van der Waals surface area contributed by atoms with Gasteiger partial charge in [0.2, 0.25) is 0 Å². The van der Waals surface area contributed by atoms with Crippen molar-refractivity contribution < 1.29 is 0 Å². The highest BCUT2D eigenvalue weighted by molar-refractivity contribution is 7.07. The van der Waals surface area contributed by atoms with Gasteiger partial charge in [0.25, 0.3) is 0 Å². The molecule has 0 aliphatic carbocycles. The Morgan fingerprint density at radius 3 is 3.12 bits per heavy atom. The van der Waals surface area contributed by atoms with Crippen molar-refractivity contribution >= 4 is 16.9 Å². The second-order valence-corrected chi connectivity index (χ2v) is 4.85. The summed E-state index contributed by atoms with van der Waals surface area (Å²) in [4.78, 5) is 0. The van der Waals surface area contributed by atoms with Crippen LogP contribution in [-0.4, -0.2) is 9.61 Å². The van der Waals surface area contributed by atoms with Crippen LogP contribution in [0, 0.1) is 0 Å². The van der Waals surface area contributed by atoms with E-state index in [2.05, 4.69) is 28.0 Å². The first-order chi connectivity index (χ1) is 8.34. The Morgan fingerprint density at radius 2 is 2.29 bits per heavy atom. The summed E-state index contributed by atoms with van der Waals surface area (Å²) in [5.74, 6) is 0. The number of aromatic nitrogens is 2. The van der Waals surface area contributed by atoms with Gasteiger partial charge in [0, 0.05) is 17.8 Å². The minimum absolute atomic E-state index is 0.00417. The Labute approximate surface area is 104 Å². The molecular formula is C13H13N3S. The first-order valence-electron chi connectivity index (χ1n) is 5.53. The molecule has 3 heterocycles. The largest absolute Gasteiger partial charge is 0.324 e. The summed E-state index contributed by atoms with van der Waals surface area (Å²) in [5.41, 5.74) is 9.74. The number of hydrogen-bond donors (Lipinski definition) is 1. The third kappa shape index (κ3) is 1.97. The number of thiophene rings is 1. The fourth-order valence-corrected chi connectivity index (χ4v) is 2.69. The smallest absolute Gasteiger partial charge is 0.0709 e. The molecule has 0 aliphatic heterocycles. The second-order valence-electron chi connectivity index (χ2n) is 4.07. The van der Waals surface area contributed by atoms with E-state index in [-0.39, 0.29) is 6.04 Å². The first-order valence-corrected chi connectivity index (χ1v) is 6.48. The molecule has 0 aliphatic rings. The van der Waals surface area contributed by atoms with Gasteiger partial charge in [0.15, 0.2) is 0 Å². The van der Waals surface area contributed by atoms with Crippen LogP contribution in [0.15, 0.2) is 47.4 Å². The molecule has 3 aromatic heterocycles. The average Bonchev–Trinajstić information content (AvgIpc) is 2.96. The lowest BCUT2D eigenvalue weighted by molar-refractivity contribution is 0.729. The number of nitrogens with two attached hydrogens (primary N) is 1.